The number of carbonyl (C=O) groups is 1. The van der Waals surface area contributed by atoms with Crippen molar-refractivity contribution >= 4 is 17.7 Å². The Bertz CT molecular complexity index is 460. The van der Waals surface area contributed by atoms with Crippen molar-refractivity contribution < 1.29 is 9.90 Å². The molecule has 0 bridgehead atoms. The summed E-state index contributed by atoms with van der Waals surface area (Å²) in [5, 5.41) is 17.7. The third-order valence-corrected chi connectivity index (χ3v) is 3.97. The van der Waals surface area contributed by atoms with Crippen LogP contribution in [0.2, 0.25) is 0 Å². The fraction of sp³-hybridized carbons (Fsp3) is 0.467. The van der Waals surface area contributed by atoms with Crippen LogP contribution in [-0.4, -0.2) is 16.8 Å². The van der Waals surface area contributed by atoms with E-state index >= 15 is 0 Å². The number of aromatic carboxylic acids is 1. The highest BCUT2D eigenvalue weighted by atomic mass is 32.2. The number of carboxylic acids is 1. The molecule has 4 heteroatoms. The van der Waals surface area contributed by atoms with Gasteiger partial charge < -0.3 is 5.11 Å². The Kier molecular flexibility index (Phi) is 5.91. The molecule has 1 aromatic rings. The summed E-state index contributed by atoms with van der Waals surface area (Å²) >= 11 is 1.72. The van der Waals surface area contributed by atoms with Crippen LogP contribution in [0.3, 0.4) is 0 Å². The highest BCUT2D eigenvalue weighted by Crippen LogP contribution is 2.24. The van der Waals surface area contributed by atoms with Gasteiger partial charge in [-0.3, -0.25) is 0 Å². The number of hydrogen-bond donors (Lipinski definition) is 1. The first kappa shape index (κ1) is 15.6. The van der Waals surface area contributed by atoms with Gasteiger partial charge in [0.05, 0.1) is 17.0 Å². The monoisotopic (exact) mass is 277 g/mol. The molecule has 0 saturated carbocycles. The predicted molar refractivity (Wildman–Crippen MR) is 77.4 cm³/mol. The molecule has 0 aliphatic carbocycles. The zero-order chi connectivity index (χ0) is 14.3. The van der Waals surface area contributed by atoms with Crippen LogP contribution >= 0.6 is 11.8 Å². The van der Waals surface area contributed by atoms with Crippen molar-refractivity contribution in [2.45, 2.75) is 38.0 Å². The molecule has 0 aliphatic rings. The van der Waals surface area contributed by atoms with Crippen molar-refractivity contribution in [3.63, 3.8) is 0 Å². The van der Waals surface area contributed by atoms with Crippen LogP contribution in [0.15, 0.2) is 29.2 Å². The van der Waals surface area contributed by atoms with E-state index < -0.39 is 5.97 Å². The van der Waals surface area contributed by atoms with E-state index in [9.17, 15) is 4.79 Å². The molecule has 0 radical (unpaired) electrons. The maximum Gasteiger partial charge on any atom is 0.335 e. The first-order valence-corrected chi connectivity index (χ1v) is 7.30. The van der Waals surface area contributed by atoms with Gasteiger partial charge in [-0.05, 0) is 56.7 Å². The molecule has 19 heavy (non-hydrogen) atoms. The molecule has 0 heterocycles. The molecular formula is C15H19NO2S. The maximum atomic E-state index is 10.7. The van der Waals surface area contributed by atoms with Gasteiger partial charge in [-0.2, -0.15) is 5.26 Å². The van der Waals surface area contributed by atoms with E-state index in [1.165, 1.54) is 0 Å². The lowest BCUT2D eigenvalue weighted by Crippen LogP contribution is -2.07. The maximum absolute atomic E-state index is 10.7. The van der Waals surface area contributed by atoms with Gasteiger partial charge >= 0.3 is 5.97 Å². The summed E-state index contributed by atoms with van der Waals surface area (Å²) in [6.07, 6.45) is 3.03. The van der Waals surface area contributed by atoms with Crippen molar-refractivity contribution in [1.29, 1.82) is 5.26 Å². The second-order valence-electron chi connectivity index (χ2n) is 5.13. The van der Waals surface area contributed by atoms with Gasteiger partial charge in [0.25, 0.3) is 0 Å². The van der Waals surface area contributed by atoms with Crippen LogP contribution in [0, 0.1) is 16.7 Å². The second kappa shape index (κ2) is 7.20. The molecule has 0 aliphatic heterocycles. The zero-order valence-corrected chi connectivity index (χ0v) is 12.2. The van der Waals surface area contributed by atoms with E-state index in [4.69, 9.17) is 10.4 Å². The minimum absolute atomic E-state index is 0.228. The van der Waals surface area contributed by atoms with Crippen LogP contribution in [0.1, 0.15) is 43.5 Å². The molecule has 1 aromatic carbocycles. The van der Waals surface area contributed by atoms with Gasteiger partial charge in [0.1, 0.15) is 0 Å². The molecular weight excluding hydrogens is 258 g/mol. The largest absolute Gasteiger partial charge is 0.478 e. The Morgan fingerprint density at radius 2 is 1.95 bits per heavy atom. The quantitative estimate of drug-likeness (QED) is 0.599. The fourth-order valence-corrected chi connectivity index (χ4v) is 2.52. The third-order valence-electron chi connectivity index (χ3n) is 2.87. The third kappa shape index (κ3) is 5.80. The number of nitrogens with zero attached hydrogens (tertiary/aromatic N) is 1. The number of benzene rings is 1. The molecule has 0 fully saturated rings. The average Bonchev–Trinajstić information content (AvgIpc) is 2.39. The minimum atomic E-state index is -0.893. The van der Waals surface area contributed by atoms with Gasteiger partial charge in [-0.25, -0.2) is 4.79 Å². The molecule has 3 nitrogen and oxygen atoms in total. The summed E-state index contributed by atoms with van der Waals surface area (Å²) in [7, 11) is 0. The molecule has 0 saturated heterocycles. The van der Waals surface area contributed by atoms with Crippen LogP contribution in [0.25, 0.3) is 0 Å². The van der Waals surface area contributed by atoms with Gasteiger partial charge in [0.2, 0.25) is 0 Å². The van der Waals surface area contributed by atoms with Crippen LogP contribution in [-0.2, 0) is 0 Å². The minimum Gasteiger partial charge on any atom is -0.478 e. The van der Waals surface area contributed by atoms with Gasteiger partial charge in [-0.1, -0.05) is 6.42 Å². The first-order valence-electron chi connectivity index (χ1n) is 6.32. The highest BCUT2D eigenvalue weighted by molar-refractivity contribution is 7.99. The Morgan fingerprint density at radius 3 is 2.47 bits per heavy atom. The van der Waals surface area contributed by atoms with Gasteiger partial charge in [-0.15, -0.1) is 11.8 Å². The molecule has 0 amide bonds. The molecule has 1 N–H and O–H groups in total. The predicted octanol–water partition coefficient (Wildman–Crippen LogP) is 4.20. The molecule has 0 aromatic heterocycles. The molecule has 102 valence electrons. The number of rotatable bonds is 7. The zero-order valence-electron chi connectivity index (χ0n) is 11.3. The average molecular weight is 277 g/mol. The fourth-order valence-electron chi connectivity index (χ4n) is 1.61. The van der Waals surface area contributed by atoms with Crippen molar-refractivity contribution in [2.75, 3.05) is 5.75 Å². The lowest BCUT2D eigenvalue weighted by Gasteiger charge is -2.13. The standard InChI is InChI=1S/C15H19NO2S/c1-15(2,11-16)9-3-4-10-19-13-7-5-12(6-8-13)14(17)18/h5-8H,3-4,9-10H2,1-2H3,(H,17,18). The molecule has 0 atom stereocenters. The molecule has 0 unspecified atom stereocenters. The summed E-state index contributed by atoms with van der Waals surface area (Å²) in [5.74, 6) is 0.101. The highest BCUT2D eigenvalue weighted by Gasteiger charge is 2.15. The van der Waals surface area contributed by atoms with Gasteiger partial charge in [0, 0.05) is 4.90 Å². The SMILES string of the molecule is CC(C)(C#N)CCCCSc1ccc(C(=O)O)cc1. The topological polar surface area (TPSA) is 61.1 Å². The van der Waals surface area contributed by atoms with Crippen molar-refractivity contribution in [2.24, 2.45) is 5.41 Å². The lowest BCUT2D eigenvalue weighted by atomic mass is 9.89. The van der Waals surface area contributed by atoms with Crippen molar-refractivity contribution in [1.82, 2.24) is 0 Å². The van der Waals surface area contributed by atoms with E-state index in [1.54, 1.807) is 23.9 Å². The number of nitriles is 1. The Balaban J connectivity index is 2.27. The number of unbranched alkanes of at least 4 members (excludes halogenated alkanes) is 1. The first-order chi connectivity index (χ1) is 8.94. The van der Waals surface area contributed by atoms with E-state index in [2.05, 4.69) is 6.07 Å². The summed E-state index contributed by atoms with van der Waals surface area (Å²) in [5.41, 5.74) is 0.0912. The lowest BCUT2D eigenvalue weighted by molar-refractivity contribution is 0.0697. The Labute approximate surface area is 118 Å². The summed E-state index contributed by atoms with van der Waals surface area (Å²) in [6, 6.07) is 9.24. The van der Waals surface area contributed by atoms with Crippen LogP contribution in [0.5, 0.6) is 0 Å². The number of carboxylic acid groups (broad SMARTS) is 1. The molecule has 0 spiro atoms. The van der Waals surface area contributed by atoms with E-state index in [0.717, 1.165) is 29.9 Å². The van der Waals surface area contributed by atoms with E-state index in [0.29, 0.717) is 5.56 Å². The van der Waals surface area contributed by atoms with E-state index in [1.807, 2.05) is 26.0 Å². The number of hydrogen-bond acceptors (Lipinski definition) is 3. The van der Waals surface area contributed by atoms with Crippen LogP contribution in [0.4, 0.5) is 0 Å². The van der Waals surface area contributed by atoms with Crippen molar-refractivity contribution in [3.05, 3.63) is 29.8 Å². The van der Waals surface area contributed by atoms with Crippen LogP contribution < -0.4 is 0 Å². The summed E-state index contributed by atoms with van der Waals surface area (Å²) in [6.45, 7) is 3.93. The normalized spacial score (nSPS) is 11.0. The van der Waals surface area contributed by atoms with Gasteiger partial charge in [0.15, 0.2) is 0 Å². The summed E-state index contributed by atoms with van der Waals surface area (Å²) < 4.78 is 0. The smallest absolute Gasteiger partial charge is 0.335 e. The second-order valence-corrected chi connectivity index (χ2v) is 6.30. The van der Waals surface area contributed by atoms with E-state index in [-0.39, 0.29) is 5.41 Å². The molecule has 1 rings (SSSR count). The van der Waals surface area contributed by atoms with Crippen molar-refractivity contribution in [3.8, 4) is 6.07 Å². The summed E-state index contributed by atoms with van der Waals surface area (Å²) in [4.78, 5) is 11.8. The number of thioether (sulfide) groups is 1. The Morgan fingerprint density at radius 1 is 1.32 bits per heavy atom. The Hall–Kier alpha value is -1.47.